The maximum absolute atomic E-state index is 13.0. The second-order valence-corrected chi connectivity index (χ2v) is 14.4. The molecule has 0 saturated carbocycles. The zero-order valence-electron chi connectivity index (χ0n) is 31.1. The third-order valence-corrected chi connectivity index (χ3v) is 9.89. The Kier molecular flexibility index (Phi) is 38.2. The monoisotopic (exact) mass is 621 g/mol. The van der Waals surface area contributed by atoms with Crippen molar-refractivity contribution in [2.45, 2.75) is 252 Å². The summed E-state index contributed by atoms with van der Waals surface area (Å²) in [6.45, 7) is 7.52. The van der Waals surface area contributed by atoms with Crippen molar-refractivity contribution in [3.63, 3.8) is 0 Å². The molecule has 0 bridgehead atoms. The number of carbonyl (C=O) groups excluding carboxylic acids is 1. The molecule has 264 valence electrons. The van der Waals surface area contributed by atoms with Crippen molar-refractivity contribution in [2.24, 2.45) is 5.92 Å². The minimum absolute atomic E-state index is 0.118. The third kappa shape index (κ3) is 34.3. The van der Waals surface area contributed by atoms with Crippen LogP contribution in [0.25, 0.3) is 0 Å². The van der Waals surface area contributed by atoms with Crippen LogP contribution in [-0.4, -0.2) is 12.6 Å². The van der Waals surface area contributed by atoms with Crippen LogP contribution in [0.1, 0.15) is 252 Å². The van der Waals surface area contributed by atoms with Crippen molar-refractivity contribution in [3.05, 3.63) is 0 Å². The summed E-state index contributed by atoms with van der Waals surface area (Å²) in [5.74, 6) is 0.261. The fourth-order valence-corrected chi connectivity index (χ4v) is 6.72. The average Bonchev–Trinajstić information content (AvgIpc) is 3.03. The summed E-state index contributed by atoms with van der Waals surface area (Å²) in [7, 11) is 0. The predicted molar refractivity (Wildman–Crippen MR) is 198 cm³/mol. The van der Waals surface area contributed by atoms with Gasteiger partial charge in [0.2, 0.25) is 0 Å². The largest absolute Gasteiger partial charge is 0.465 e. The number of ether oxygens (including phenoxy) is 1. The molecular weight excluding hydrogens is 536 g/mol. The van der Waals surface area contributed by atoms with E-state index >= 15 is 0 Å². The molecule has 0 heterocycles. The Labute approximate surface area is 279 Å². The van der Waals surface area contributed by atoms with E-state index in [0.717, 1.165) is 19.3 Å². The maximum Gasteiger partial charge on any atom is 0.308 e. The van der Waals surface area contributed by atoms with Gasteiger partial charge in [-0.25, -0.2) is 0 Å². The molecule has 0 aromatic heterocycles. The SMILES string of the molecule is CCCCCCCCCCCCCCC(CCCCCCCCCCCCC)C(=O)OCCCCCCCCCCCCC. The molecule has 2 nitrogen and oxygen atoms in total. The summed E-state index contributed by atoms with van der Waals surface area (Å²) in [4.78, 5) is 13.0. The zero-order valence-corrected chi connectivity index (χ0v) is 31.1. The van der Waals surface area contributed by atoms with Crippen molar-refractivity contribution in [3.8, 4) is 0 Å². The molecule has 0 aliphatic heterocycles. The predicted octanol–water partition coefficient (Wildman–Crippen LogP) is 15.2. The number of hydrogen-bond acceptors (Lipinski definition) is 2. The third-order valence-electron chi connectivity index (χ3n) is 9.89. The van der Waals surface area contributed by atoms with E-state index in [1.54, 1.807) is 0 Å². The van der Waals surface area contributed by atoms with Gasteiger partial charge in [0.1, 0.15) is 0 Å². The van der Waals surface area contributed by atoms with Crippen molar-refractivity contribution < 1.29 is 9.53 Å². The second kappa shape index (κ2) is 38.7. The molecule has 2 heteroatoms. The summed E-state index contributed by atoms with van der Waals surface area (Å²) in [5, 5.41) is 0. The van der Waals surface area contributed by atoms with Gasteiger partial charge in [-0.05, 0) is 19.3 Å². The summed E-state index contributed by atoms with van der Waals surface area (Å²) in [6, 6.07) is 0. The molecule has 0 aromatic carbocycles. The highest BCUT2D eigenvalue weighted by Gasteiger charge is 2.19. The maximum atomic E-state index is 13.0. The van der Waals surface area contributed by atoms with E-state index in [1.165, 1.54) is 212 Å². The van der Waals surface area contributed by atoms with Gasteiger partial charge in [0, 0.05) is 0 Å². The van der Waals surface area contributed by atoms with Gasteiger partial charge < -0.3 is 4.74 Å². The van der Waals surface area contributed by atoms with Gasteiger partial charge in [-0.1, -0.05) is 233 Å². The lowest BCUT2D eigenvalue weighted by atomic mass is 9.94. The molecule has 1 unspecified atom stereocenters. The first-order valence-electron chi connectivity index (χ1n) is 20.9. The summed E-state index contributed by atoms with van der Waals surface area (Å²) < 4.78 is 5.86. The lowest BCUT2D eigenvalue weighted by Gasteiger charge is -2.16. The highest BCUT2D eigenvalue weighted by atomic mass is 16.5. The van der Waals surface area contributed by atoms with Gasteiger partial charge in [0.15, 0.2) is 0 Å². The van der Waals surface area contributed by atoms with Crippen molar-refractivity contribution in [1.82, 2.24) is 0 Å². The van der Waals surface area contributed by atoms with E-state index in [1.807, 2.05) is 0 Å². The molecular formula is C42H84O2. The van der Waals surface area contributed by atoms with Crippen molar-refractivity contribution in [2.75, 3.05) is 6.61 Å². The van der Waals surface area contributed by atoms with Gasteiger partial charge in [-0.15, -0.1) is 0 Å². The fraction of sp³-hybridized carbons (Fsp3) is 0.976. The number of unbranched alkanes of at least 4 members (excludes halogenated alkanes) is 31. The van der Waals surface area contributed by atoms with Crippen LogP contribution in [0, 0.1) is 5.92 Å². The van der Waals surface area contributed by atoms with Gasteiger partial charge in [-0.3, -0.25) is 4.79 Å². The Hall–Kier alpha value is -0.530. The van der Waals surface area contributed by atoms with Crippen LogP contribution in [0.2, 0.25) is 0 Å². The summed E-state index contributed by atoms with van der Waals surface area (Å²) >= 11 is 0. The van der Waals surface area contributed by atoms with E-state index in [4.69, 9.17) is 4.74 Å². The minimum atomic E-state index is 0.118. The molecule has 0 aliphatic carbocycles. The molecule has 0 saturated heterocycles. The molecule has 0 radical (unpaired) electrons. The zero-order chi connectivity index (χ0) is 32.0. The smallest absolute Gasteiger partial charge is 0.308 e. The topological polar surface area (TPSA) is 26.3 Å². The van der Waals surface area contributed by atoms with Gasteiger partial charge in [0.05, 0.1) is 12.5 Å². The highest BCUT2D eigenvalue weighted by molar-refractivity contribution is 5.72. The van der Waals surface area contributed by atoms with E-state index in [-0.39, 0.29) is 11.9 Å². The lowest BCUT2D eigenvalue weighted by molar-refractivity contribution is -0.149. The first-order chi connectivity index (χ1) is 21.8. The van der Waals surface area contributed by atoms with Crippen LogP contribution in [-0.2, 0) is 9.53 Å². The Morgan fingerprint density at radius 1 is 0.341 bits per heavy atom. The van der Waals surface area contributed by atoms with Crippen LogP contribution < -0.4 is 0 Å². The van der Waals surface area contributed by atoms with Crippen molar-refractivity contribution >= 4 is 5.97 Å². The van der Waals surface area contributed by atoms with Gasteiger partial charge in [-0.2, -0.15) is 0 Å². The van der Waals surface area contributed by atoms with E-state index in [0.29, 0.717) is 6.61 Å². The van der Waals surface area contributed by atoms with Crippen LogP contribution in [0.3, 0.4) is 0 Å². The molecule has 0 rings (SSSR count). The van der Waals surface area contributed by atoms with Crippen LogP contribution in [0.5, 0.6) is 0 Å². The van der Waals surface area contributed by atoms with Gasteiger partial charge >= 0.3 is 5.97 Å². The summed E-state index contributed by atoms with van der Waals surface area (Å²) in [6.07, 6.45) is 48.3. The molecule has 0 aliphatic rings. The summed E-state index contributed by atoms with van der Waals surface area (Å²) in [5.41, 5.74) is 0. The lowest BCUT2D eigenvalue weighted by Crippen LogP contribution is -2.18. The second-order valence-electron chi connectivity index (χ2n) is 14.4. The normalized spacial score (nSPS) is 12.2. The van der Waals surface area contributed by atoms with Crippen LogP contribution in [0.15, 0.2) is 0 Å². The molecule has 1 atom stereocenters. The van der Waals surface area contributed by atoms with Crippen LogP contribution >= 0.6 is 0 Å². The quantitative estimate of drug-likeness (QED) is 0.0507. The Morgan fingerprint density at radius 3 is 0.841 bits per heavy atom. The molecule has 0 N–H and O–H groups in total. The van der Waals surface area contributed by atoms with Gasteiger partial charge in [0.25, 0.3) is 0 Å². The first-order valence-corrected chi connectivity index (χ1v) is 20.9. The van der Waals surface area contributed by atoms with Crippen molar-refractivity contribution in [1.29, 1.82) is 0 Å². The van der Waals surface area contributed by atoms with E-state index < -0.39 is 0 Å². The van der Waals surface area contributed by atoms with E-state index in [2.05, 4.69) is 20.8 Å². The minimum Gasteiger partial charge on any atom is -0.465 e. The van der Waals surface area contributed by atoms with Crippen LogP contribution in [0.4, 0.5) is 0 Å². The Morgan fingerprint density at radius 2 is 0.568 bits per heavy atom. The van der Waals surface area contributed by atoms with E-state index in [9.17, 15) is 4.79 Å². The Bertz CT molecular complexity index is 530. The first kappa shape index (κ1) is 43.5. The standard InChI is InChI=1S/C42H84O2/c1-4-7-10-13-16-19-22-24-27-30-33-36-39-41(38-35-32-29-26-23-20-17-14-11-8-5-2)42(43)44-40-37-34-31-28-25-21-18-15-12-9-6-3/h41H,4-40H2,1-3H3. The molecule has 0 amide bonds. The number of esters is 1. The molecule has 44 heavy (non-hydrogen) atoms. The number of carbonyl (C=O) groups is 1. The number of rotatable bonds is 38. The molecule has 0 spiro atoms. The highest BCUT2D eigenvalue weighted by Crippen LogP contribution is 2.22. The number of hydrogen-bond donors (Lipinski definition) is 0. The molecule has 0 fully saturated rings. The average molecular weight is 621 g/mol. The molecule has 0 aromatic rings. The fourth-order valence-electron chi connectivity index (χ4n) is 6.72. The Balaban J connectivity index is 4.06.